The summed E-state index contributed by atoms with van der Waals surface area (Å²) in [5, 5.41) is 1.28. The standard InChI is InChI=1S/C21H32O4S2/c1-19(2,11-24-17(22)13-5-7-20(3)15(9-13)26-20)12-25-18(23)14-6-8-21(4)16(10-14)27-21/h13-16H,5-12H2,1-4H3/t13-,14?,15?,16?,20-,21+/m0/s1. The van der Waals surface area contributed by atoms with Crippen molar-refractivity contribution in [1.82, 2.24) is 0 Å². The van der Waals surface area contributed by atoms with Crippen molar-refractivity contribution in [3.8, 4) is 0 Å². The molecule has 4 nitrogen and oxygen atoms in total. The van der Waals surface area contributed by atoms with Crippen LogP contribution in [-0.4, -0.2) is 45.1 Å². The minimum absolute atomic E-state index is 0.0454. The van der Waals surface area contributed by atoms with Gasteiger partial charge in [0.1, 0.15) is 0 Å². The lowest BCUT2D eigenvalue weighted by Gasteiger charge is -2.28. The van der Waals surface area contributed by atoms with E-state index in [4.69, 9.17) is 9.47 Å². The summed E-state index contributed by atoms with van der Waals surface area (Å²) in [6.45, 7) is 9.22. The quantitative estimate of drug-likeness (QED) is 0.475. The molecule has 152 valence electrons. The number of thioether (sulfide) groups is 2. The molecule has 0 aromatic carbocycles. The molecule has 2 saturated carbocycles. The summed E-state index contributed by atoms with van der Waals surface area (Å²) in [5.74, 6) is -0.0458. The van der Waals surface area contributed by atoms with Crippen molar-refractivity contribution < 1.29 is 19.1 Å². The number of carbonyl (C=O) groups excluding carboxylic acids is 2. The highest BCUT2D eigenvalue weighted by molar-refractivity contribution is 8.08. The van der Waals surface area contributed by atoms with Crippen molar-refractivity contribution in [3.05, 3.63) is 0 Å². The lowest BCUT2D eigenvalue weighted by molar-refractivity contribution is -0.158. The molecule has 2 aliphatic carbocycles. The monoisotopic (exact) mass is 412 g/mol. The predicted molar refractivity (Wildman–Crippen MR) is 110 cm³/mol. The second-order valence-electron chi connectivity index (χ2n) is 10.2. The van der Waals surface area contributed by atoms with Crippen LogP contribution in [0.3, 0.4) is 0 Å². The summed E-state index contributed by atoms with van der Waals surface area (Å²) in [6, 6.07) is 0. The maximum atomic E-state index is 12.4. The van der Waals surface area contributed by atoms with Crippen LogP contribution in [0.1, 0.15) is 66.2 Å². The van der Waals surface area contributed by atoms with E-state index in [1.54, 1.807) is 0 Å². The third-order valence-corrected chi connectivity index (χ3v) is 10.5. The Kier molecular flexibility index (Phi) is 5.06. The summed E-state index contributed by atoms with van der Waals surface area (Å²) in [4.78, 5) is 24.9. The maximum absolute atomic E-state index is 12.4. The molecule has 0 radical (unpaired) electrons. The number of hydrogen-bond acceptors (Lipinski definition) is 6. The first-order chi connectivity index (χ1) is 12.6. The molecular weight excluding hydrogens is 380 g/mol. The molecule has 0 bridgehead atoms. The first kappa shape index (κ1) is 19.9. The largest absolute Gasteiger partial charge is 0.465 e. The van der Waals surface area contributed by atoms with Gasteiger partial charge in [-0.1, -0.05) is 13.8 Å². The van der Waals surface area contributed by atoms with Crippen LogP contribution in [-0.2, 0) is 19.1 Å². The van der Waals surface area contributed by atoms with Gasteiger partial charge in [0, 0.05) is 25.4 Å². The van der Waals surface area contributed by atoms with E-state index in [1.807, 2.05) is 37.4 Å². The lowest BCUT2D eigenvalue weighted by atomic mass is 9.83. The van der Waals surface area contributed by atoms with E-state index in [1.165, 1.54) is 0 Å². The number of carbonyl (C=O) groups is 2. The highest BCUT2D eigenvalue weighted by Gasteiger charge is 2.56. The average molecular weight is 413 g/mol. The van der Waals surface area contributed by atoms with Crippen molar-refractivity contribution in [2.24, 2.45) is 17.3 Å². The zero-order valence-corrected chi connectivity index (χ0v) is 18.5. The van der Waals surface area contributed by atoms with Crippen molar-refractivity contribution in [2.75, 3.05) is 13.2 Å². The van der Waals surface area contributed by atoms with Gasteiger partial charge in [-0.2, -0.15) is 0 Å². The normalized spacial score (nSPS) is 42.5. The Bertz CT molecular complexity index is 584. The van der Waals surface area contributed by atoms with Gasteiger partial charge in [-0.3, -0.25) is 9.59 Å². The zero-order valence-electron chi connectivity index (χ0n) is 16.9. The third-order valence-electron chi connectivity index (χ3n) is 6.92. The third kappa shape index (κ3) is 4.31. The van der Waals surface area contributed by atoms with Crippen molar-refractivity contribution in [1.29, 1.82) is 0 Å². The summed E-state index contributed by atoms with van der Waals surface area (Å²) >= 11 is 4.01. The van der Waals surface area contributed by atoms with Gasteiger partial charge in [0.25, 0.3) is 0 Å². The Hall–Kier alpha value is -0.360. The van der Waals surface area contributed by atoms with E-state index >= 15 is 0 Å². The minimum Gasteiger partial charge on any atom is -0.465 e. The molecule has 0 aromatic rings. The van der Waals surface area contributed by atoms with Crippen LogP contribution < -0.4 is 0 Å². The van der Waals surface area contributed by atoms with Gasteiger partial charge < -0.3 is 9.47 Å². The topological polar surface area (TPSA) is 52.6 Å². The first-order valence-electron chi connectivity index (χ1n) is 10.3. The van der Waals surface area contributed by atoms with Gasteiger partial charge in [-0.25, -0.2) is 0 Å². The maximum Gasteiger partial charge on any atom is 0.308 e. The van der Waals surface area contributed by atoms with E-state index in [0.29, 0.717) is 33.2 Å². The molecule has 2 heterocycles. The van der Waals surface area contributed by atoms with Gasteiger partial charge in [0.05, 0.1) is 25.0 Å². The molecule has 0 spiro atoms. The average Bonchev–Trinajstić information content (AvgIpc) is 3.49. The van der Waals surface area contributed by atoms with E-state index in [0.717, 1.165) is 38.5 Å². The molecule has 0 amide bonds. The van der Waals surface area contributed by atoms with Gasteiger partial charge in [-0.05, 0) is 52.4 Å². The first-order valence-corrected chi connectivity index (χ1v) is 12.1. The second kappa shape index (κ2) is 6.86. The van der Waals surface area contributed by atoms with Crippen molar-refractivity contribution >= 4 is 35.5 Å². The zero-order chi connectivity index (χ0) is 19.4. The van der Waals surface area contributed by atoms with E-state index in [2.05, 4.69) is 13.8 Å². The van der Waals surface area contributed by atoms with E-state index < -0.39 is 0 Å². The van der Waals surface area contributed by atoms with Crippen molar-refractivity contribution in [2.45, 2.75) is 86.2 Å². The molecule has 2 saturated heterocycles. The van der Waals surface area contributed by atoms with Crippen LogP contribution in [0.25, 0.3) is 0 Å². The molecule has 0 N–H and O–H groups in total. The van der Waals surface area contributed by atoms with Crippen LogP contribution in [0, 0.1) is 17.3 Å². The Morgan fingerprint density at radius 2 is 1.30 bits per heavy atom. The van der Waals surface area contributed by atoms with Crippen LogP contribution >= 0.6 is 23.5 Å². The Morgan fingerprint density at radius 1 is 0.889 bits per heavy atom. The SMILES string of the molecule is CC(C)(COC(=O)C1CC[C@@]2(C)SC2C1)COC(=O)[C@H]1CC[C@]2(C)SC2C1. The fourth-order valence-corrected chi connectivity index (χ4v) is 7.25. The molecule has 2 aliphatic heterocycles. The molecule has 4 fully saturated rings. The Balaban J connectivity index is 1.17. The molecule has 6 heteroatoms. The molecule has 6 atom stereocenters. The van der Waals surface area contributed by atoms with Crippen LogP contribution in [0.4, 0.5) is 0 Å². The van der Waals surface area contributed by atoms with Crippen LogP contribution in [0.2, 0.25) is 0 Å². The number of fused-ring (bicyclic) bond motifs is 2. The molecule has 0 aromatic heterocycles. The number of esters is 2. The molecule has 4 rings (SSSR count). The lowest BCUT2D eigenvalue weighted by Crippen LogP contribution is -2.34. The summed E-state index contributed by atoms with van der Waals surface area (Å²) in [6.07, 6.45) is 6.01. The smallest absolute Gasteiger partial charge is 0.308 e. The van der Waals surface area contributed by atoms with E-state index in [-0.39, 0.29) is 29.2 Å². The van der Waals surface area contributed by atoms with Crippen LogP contribution in [0.5, 0.6) is 0 Å². The van der Waals surface area contributed by atoms with Gasteiger partial charge in [-0.15, -0.1) is 23.5 Å². The number of ether oxygens (including phenoxy) is 2. The molecule has 3 unspecified atom stereocenters. The van der Waals surface area contributed by atoms with Crippen molar-refractivity contribution in [3.63, 3.8) is 0 Å². The van der Waals surface area contributed by atoms with E-state index in [9.17, 15) is 9.59 Å². The Labute approximate surface area is 171 Å². The van der Waals surface area contributed by atoms with Gasteiger partial charge >= 0.3 is 11.9 Å². The summed E-state index contributed by atoms with van der Waals surface area (Å²) in [7, 11) is 0. The minimum atomic E-state index is -0.347. The molecular formula is C21H32O4S2. The molecule has 27 heavy (non-hydrogen) atoms. The van der Waals surface area contributed by atoms with Gasteiger partial charge in [0.2, 0.25) is 0 Å². The second-order valence-corrected chi connectivity index (χ2v) is 13.6. The number of hydrogen-bond donors (Lipinski definition) is 0. The molecule has 4 aliphatic rings. The highest BCUT2D eigenvalue weighted by atomic mass is 32.2. The fourth-order valence-electron chi connectivity index (χ4n) is 4.53. The number of rotatable bonds is 6. The van der Waals surface area contributed by atoms with Crippen LogP contribution in [0.15, 0.2) is 0 Å². The predicted octanol–water partition coefficient (Wildman–Crippen LogP) is 4.45. The summed E-state index contributed by atoms with van der Waals surface area (Å²) in [5.41, 5.74) is -0.347. The Morgan fingerprint density at radius 3 is 1.67 bits per heavy atom. The highest BCUT2D eigenvalue weighted by Crippen LogP contribution is 2.63. The summed E-state index contributed by atoms with van der Waals surface area (Å²) < 4.78 is 12.1. The van der Waals surface area contributed by atoms with Gasteiger partial charge in [0.15, 0.2) is 0 Å². The fraction of sp³-hybridized carbons (Fsp3) is 0.905.